The average Bonchev–Trinajstić information content (AvgIpc) is 2.30. The first-order chi connectivity index (χ1) is 9.72. The van der Waals surface area contributed by atoms with E-state index in [1.54, 1.807) is 12.1 Å². The standard InChI is InChI=1S/C14H17F3N2OS/c15-14(16,17)21(18,20)12-3-1-10(2-4-12)5-11-6-13(7-11)8-19-9-13/h1-4,11,18-19H,5-9H2. The molecular formula is C14H17F3N2OS. The Balaban J connectivity index is 1.65. The van der Waals surface area contributed by atoms with Crippen molar-refractivity contribution in [3.63, 3.8) is 0 Å². The van der Waals surface area contributed by atoms with E-state index in [1.807, 2.05) is 0 Å². The molecule has 0 amide bonds. The van der Waals surface area contributed by atoms with Crippen molar-refractivity contribution in [2.45, 2.75) is 29.7 Å². The Kier molecular flexibility index (Phi) is 3.33. The second kappa shape index (κ2) is 4.71. The molecule has 7 heteroatoms. The van der Waals surface area contributed by atoms with Crippen molar-refractivity contribution in [2.24, 2.45) is 11.3 Å². The first kappa shape index (κ1) is 14.8. The van der Waals surface area contributed by atoms with Gasteiger partial charge in [0.05, 0.1) is 4.90 Å². The summed E-state index contributed by atoms with van der Waals surface area (Å²) in [5, 5.41) is 3.27. The molecule has 1 heterocycles. The maximum Gasteiger partial charge on any atom is 0.483 e. The van der Waals surface area contributed by atoms with Crippen LogP contribution >= 0.6 is 0 Å². The largest absolute Gasteiger partial charge is 0.483 e. The molecule has 3 nitrogen and oxygen atoms in total. The van der Waals surface area contributed by atoms with Gasteiger partial charge < -0.3 is 5.32 Å². The Hall–Kier alpha value is -1.08. The first-order valence-electron chi connectivity index (χ1n) is 6.87. The highest BCUT2D eigenvalue weighted by atomic mass is 32.2. The molecular weight excluding hydrogens is 301 g/mol. The van der Waals surface area contributed by atoms with Gasteiger partial charge in [0.1, 0.15) is 0 Å². The fourth-order valence-corrected chi connectivity index (χ4v) is 4.15. The third kappa shape index (κ3) is 2.57. The van der Waals surface area contributed by atoms with Gasteiger partial charge in [0.15, 0.2) is 9.73 Å². The summed E-state index contributed by atoms with van der Waals surface area (Å²) < 4.78 is 56.2. The first-order valence-corrected chi connectivity index (χ1v) is 8.43. The van der Waals surface area contributed by atoms with Crippen LogP contribution in [0.3, 0.4) is 0 Å². The van der Waals surface area contributed by atoms with Crippen molar-refractivity contribution in [1.29, 1.82) is 4.78 Å². The summed E-state index contributed by atoms with van der Waals surface area (Å²) in [6, 6.07) is 5.49. The van der Waals surface area contributed by atoms with Crippen molar-refractivity contribution in [2.75, 3.05) is 13.1 Å². The Bertz CT molecular complexity index is 625. The van der Waals surface area contributed by atoms with Crippen molar-refractivity contribution in [3.8, 4) is 0 Å². The van der Waals surface area contributed by atoms with E-state index in [2.05, 4.69) is 5.32 Å². The highest BCUT2D eigenvalue weighted by Gasteiger charge is 2.48. The number of rotatable bonds is 3. The highest BCUT2D eigenvalue weighted by molar-refractivity contribution is 7.93. The molecule has 1 spiro atoms. The molecule has 0 radical (unpaired) electrons. The third-order valence-electron chi connectivity index (χ3n) is 4.55. The van der Waals surface area contributed by atoms with Gasteiger partial charge in [0.25, 0.3) is 0 Å². The molecule has 1 atom stereocenters. The molecule has 1 saturated carbocycles. The zero-order valence-corrected chi connectivity index (χ0v) is 12.2. The zero-order chi connectivity index (χ0) is 15.3. The smallest absolute Gasteiger partial charge is 0.316 e. The molecule has 0 aromatic heterocycles. The lowest BCUT2D eigenvalue weighted by Gasteiger charge is -2.54. The lowest BCUT2D eigenvalue weighted by atomic mass is 9.57. The van der Waals surface area contributed by atoms with Crippen LogP contribution in [0.15, 0.2) is 29.2 Å². The van der Waals surface area contributed by atoms with Gasteiger partial charge >= 0.3 is 5.51 Å². The Morgan fingerprint density at radius 2 is 1.81 bits per heavy atom. The summed E-state index contributed by atoms with van der Waals surface area (Å²) in [6.07, 6.45) is 3.17. The summed E-state index contributed by atoms with van der Waals surface area (Å²) in [7, 11) is -4.73. The van der Waals surface area contributed by atoms with Crippen LogP contribution < -0.4 is 5.32 Å². The van der Waals surface area contributed by atoms with E-state index in [0.717, 1.165) is 25.1 Å². The molecule has 3 rings (SSSR count). The summed E-state index contributed by atoms with van der Waals surface area (Å²) in [5.41, 5.74) is -3.59. The van der Waals surface area contributed by atoms with Crippen LogP contribution in [0, 0.1) is 16.1 Å². The molecule has 1 unspecified atom stereocenters. The van der Waals surface area contributed by atoms with Crippen LogP contribution in [0.1, 0.15) is 18.4 Å². The van der Waals surface area contributed by atoms with Crippen molar-refractivity contribution in [1.82, 2.24) is 5.32 Å². The third-order valence-corrected chi connectivity index (χ3v) is 6.14. The number of nitrogens with one attached hydrogen (secondary N) is 2. The van der Waals surface area contributed by atoms with Crippen molar-refractivity contribution < 1.29 is 17.4 Å². The van der Waals surface area contributed by atoms with E-state index in [9.17, 15) is 17.4 Å². The Morgan fingerprint density at radius 1 is 1.24 bits per heavy atom. The van der Waals surface area contributed by atoms with Gasteiger partial charge in [-0.15, -0.1) is 0 Å². The molecule has 1 aliphatic carbocycles. The normalized spacial score (nSPS) is 24.1. The fraction of sp³-hybridized carbons (Fsp3) is 0.571. The minimum absolute atomic E-state index is 0.466. The lowest BCUT2D eigenvalue weighted by molar-refractivity contribution is -0.0406. The van der Waals surface area contributed by atoms with Gasteiger partial charge in [-0.3, -0.25) is 0 Å². The molecule has 21 heavy (non-hydrogen) atoms. The number of benzene rings is 1. The van der Waals surface area contributed by atoms with E-state index in [-0.39, 0.29) is 0 Å². The van der Waals surface area contributed by atoms with Gasteiger partial charge in [-0.2, -0.15) is 13.2 Å². The minimum atomic E-state index is -5.02. The molecule has 1 aliphatic heterocycles. The van der Waals surface area contributed by atoms with Crippen LogP contribution in [0.2, 0.25) is 0 Å². The highest BCUT2D eigenvalue weighted by Crippen LogP contribution is 2.49. The Labute approximate surface area is 121 Å². The van der Waals surface area contributed by atoms with E-state index in [0.29, 0.717) is 11.3 Å². The maximum atomic E-state index is 12.6. The van der Waals surface area contributed by atoms with Crippen LogP contribution in [-0.4, -0.2) is 22.8 Å². The monoisotopic (exact) mass is 318 g/mol. The van der Waals surface area contributed by atoms with Crippen LogP contribution in [0.25, 0.3) is 0 Å². The SMILES string of the molecule is N=S(=O)(c1ccc(CC2CC3(CNC3)C2)cc1)C(F)(F)F. The number of hydrogen-bond acceptors (Lipinski definition) is 3. The quantitative estimate of drug-likeness (QED) is 0.899. The van der Waals surface area contributed by atoms with Crippen LogP contribution in [0.4, 0.5) is 13.2 Å². The predicted octanol–water partition coefficient (Wildman–Crippen LogP) is 3.15. The number of alkyl halides is 3. The zero-order valence-electron chi connectivity index (χ0n) is 11.4. The molecule has 2 fully saturated rings. The average molecular weight is 318 g/mol. The molecule has 2 N–H and O–H groups in total. The van der Waals surface area contributed by atoms with Gasteiger partial charge in [-0.25, -0.2) is 8.99 Å². The summed E-state index contributed by atoms with van der Waals surface area (Å²) in [4.78, 5) is -0.466. The molecule has 1 aromatic carbocycles. The lowest BCUT2D eigenvalue weighted by Crippen LogP contribution is -2.60. The van der Waals surface area contributed by atoms with E-state index in [1.165, 1.54) is 25.0 Å². The Morgan fingerprint density at radius 3 is 2.24 bits per heavy atom. The second-order valence-electron chi connectivity index (χ2n) is 6.23. The summed E-state index contributed by atoms with van der Waals surface area (Å²) in [6.45, 7) is 2.16. The molecule has 1 saturated heterocycles. The van der Waals surface area contributed by atoms with Gasteiger partial charge in [0, 0.05) is 13.1 Å². The molecule has 116 valence electrons. The van der Waals surface area contributed by atoms with Gasteiger partial charge in [0.2, 0.25) is 0 Å². The van der Waals surface area contributed by atoms with E-state index < -0.39 is 20.1 Å². The number of hydrogen-bond donors (Lipinski definition) is 2. The van der Waals surface area contributed by atoms with E-state index in [4.69, 9.17) is 4.78 Å². The molecule has 1 aromatic rings. The summed E-state index contributed by atoms with van der Waals surface area (Å²) >= 11 is 0. The molecule has 2 aliphatic rings. The summed E-state index contributed by atoms with van der Waals surface area (Å²) in [5.74, 6) is 0.584. The van der Waals surface area contributed by atoms with E-state index >= 15 is 0 Å². The van der Waals surface area contributed by atoms with Crippen LogP contribution in [0.5, 0.6) is 0 Å². The second-order valence-corrected chi connectivity index (χ2v) is 8.27. The topological polar surface area (TPSA) is 53.0 Å². The predicted molar refractivity (Wildman–Crippen MR) is 73.4 cm³/mol. The van der Waals surface area contributed by atoms with Gasteiger partial charge in [-0.05, 0) is 48.3 Å². The van der Waals surface area contributed by atoms with Gasteiger partial charge in [-0.1, -0.05) is 12.1 Å². The fourth-order valence-electron chi connectivity index (χ4n) is 3.36. The van der Waals surface area contributed by atoms with Crippen molar-refractivity contribution >= 4 is 9.73 Å². The maximum absolute atomic E-state index is 12.6. The minimum Gasteiger partial charge on any atom is -0.316 e. The van der Waals surface area contributed by atoms with Crippen molar-refractivity contribution in [3.05, 3.63) is 29.8 Å². The molecule has 0 bridgehead atoms. The number of halogens is 3. The van der Waals surface area contributed by atoms with Crippen LogP contribution in [-0.2, 0) is 16.1 Å².